The predicted molar refractivity (Wildman–Crippen MR) is 256 cm³/mol. The molecular weight excluding hydrogens is 939 g/mol. The van der Waals surface area contributed by atoms with Crippen LogP contribution in [0.15, 0.2) is 48.6 Å². The van der Waals surface area contributed by atoms with Crippen LogP contribution in [0.2, 0.25) is 0 Å². The Balaban J connectivity index is 0.000000193. The summed E-state index contributed by atoms with van der Waals surface area (Å²) in [5.41, 5.74) is -1.49. The highest BCUT2D eigenvalue weighted by Crippen LogP contribution is 2.60. The number of aliphatic hydroxyl groups is 2. The average molecular weight is 1010 g/mol. The molecule has 2 N–H and O–H groups in total. The van der Waals surface area contributed by atoms with Crippen molar-refractivity contribution in [2.45, 2.75) is 171 Å². The van der Waals surface area contributed by atoms with E-state index in [2.05, 4.69) is 65.8 Å². The second kappa shape index (κ2) is 23.6. The number of alkyl halides is 2. The third kappa shape index (κ3) is 13.7. The molecule has 5 aliphatic heterocycles. The molecule has 0 bridgehead atoms. The van der Waals surface area contributed by atoms with Gasteiger partial charge in [0.15, 0.2) is 0 Å². The Bertz CT molecular complexity index is 1920. The molecular formula is C50H74Cl2N2O15. The molecule has 3 saturated carbocycles. The molecule has 1 aromatic rings. The van der Waals surface area contributed by atoms with Crippen molar-refractivity contribution in [2.75, 3.05) is 45.9 Å². The van der Waals surface area contributed by atoms with Crippen molar-refractivity contribution in [1.29, 1.82) is 0 Å². The van der Waals surface area contributed by atoms with Crippen molar-refractivity contribution in [1.82, 2.24) is 4.90 Å². The summed E-state index contributed by atoms with van der Waals surface area (Å²) in [4.78, 5) is 36.8. The number of nitrogens with zero attached hydrogens (tertiary/aromatic N) is 2. The Morgan fingerprint density at radius 2 is 1.26 bits per heavy atom. The Kier molecular flexibility index (Phi) is 18.9. The smallest absolute Gasteiger partial charge is 0.443 e. The van der Waals surface area contributed by atoms with Crippen LogP contribution in [0.5, 0.6) is 5.75 Å². The molecule has 17 nitrogen and oxygen atoms in total. The van der Waals surface area contributed by atoms with Crippen LogP contribution in [-0.4, -0.2) is 149 Å². The highest BCUT2D eigenvalue weighted by molar-refractivity contribution is 6.40. The van der Waals surface area contributed by atoms with Crippen LogP contribution in [0.1, 0.15) is 99.3 Å². The number of ether oxygens (including phenoxy) is 9. The fraction of sp³-hybridized carbons (Fsp3) is 0.760. The molecule has 5 saturated heterocycles. The van der Waals surface area contributed by atoms with Gasteiger partial charge in [0, 0.05) is 39.4 Å². The van der Waals surface area contributed by atoms with Gasteiger partial charge in [0.2, 0.25) is 0 Å². The molecule has 8 aliphatic rings. The van der Waals surface area contributed by atoms with Gasteiger partial charge in [0.1, 0.15) is 64.8 Å². The second-order valence-electron chi connectivity index (χ2n) is 20.5. The molecule has 5 heterocycles. The lowest BCUT2D eigenvalue weighted by Crippen LogP contribution is -2.56. The number of likely N-dealkylation sites (tertiary alicyclic amines) is 1. The number of allylic oxidation sites excluding steroid dienone is 2. The Morgan fingerprint density at radius 1 is 0.797 bits per heavy atom. The summed E-state index contributed by atoms with van der Waals surface area (Å²) in [6, 6.07) is 5.24. The molecule has 19 heteroatoms. The molecule has 0 aromatic heterocycles. The summed E-state index contributed by atoms with van der Waals surface area (Å²) in [6.45, 7) is 14.9. The van der Waals surface area contributed by atoms with Gasteiger partial charge in [-0.2, -0.15) is 0 Å². The first kappa shape index (κ1) is 55.2. The standard InChI is InChI=1S/C23H29NO8.C21H33NO6.C5H10O.CH2Cl2/c1-14(2)5-10-18-22(3,32-18)20-19(28-4)17(11-12-23(20)13-29-23)31-21(25)30-16-8-6-15(7-9-16)24(26)27;1-13(2)5-6-16-20(3,28-16)18-17(25-4)15(7-9-21(18)12-26-21)27-19(24)22-10-8-14(23)11-22;6-5-3-1-2-4-5;2-1-3/h5-10,14,17-20H,11-13H2,1-4H3;5-6,13-18,23H,7-12H2,1-4H3;5-6H,1-4H2;1H2/b10-5+;6-5+;;/t17-,18-,19?,20?,22+,23+;14?,15-,16-,17?,18?,20+,21+;;/m11../s1. The van der Waals surface area contributed by atoms with Crippen molar-refractivity contribution < 1.29 is 67.4 Å². The summed E-state index contributed by atoms with van der Waals surface area (Å²) in [7, 11) is 3.27. The van der Waals surface area contributed by atoms with E-state index in [-0.39, 0.29) is 82.0 Å². The third-order valence-corrected chi connectivity index (χ3v) is 14.7. The normalized spacial score (nSPS) is 37.4. The SMILES string of the molecule is COC1C([C@@]2(C)O[C@@H]2/C=C/C(C)C)[C@]2(CC[C@H]1OC(=O)N1CCC(O)C1)CO2.COC1C([C@@]2(C)O[C@@H]2/C=C/C(C)C)[C@]2(CC[C@H]1OC(=O)Oc1ccc([N+](=O)[O-])cc1)CO2.ClCCl.OC1CCCC1. The highest BCUT2D eigenvalue weighted by atomic mass is 35.5. The number of non-ortho nitro benzene ring substituents is 1. The average Bonchev–Trinajstić information content (AvgIpc) is 4.28. The van der Waals surface area contributed by atoms with Gasteiger partial charge >= 0.3 is 12.2 Å². The monoisotopic (exact) mass is 1010 g/mol. The predicted octanol–water partition coefficient (Wildman–Crippen LogP) is 8.51. The van der Waals surface area contributed by atoms with Crippen molar-refractivity contribution in [2.24, 2.45) is 23.7 Å². The number of rotatable bonds is 12. The van der Waals surface area contributed by atoms with Gasteiger partial charge in [-0.15, -0.1) is 23.2 Å². The quantitative estimate of drug-likeness (QED) is 0.0382. The van der Waals surface area contributed by atoms with Gasteiger partial charge in [-0.25, -0.2) is 9.59 Å². The fourth-order valence-electron chi connectivity index (χ4n) is 10.8. The van der Waals surface area contributed by atoms with Gasteiger partial charge in [0.25, 0.3) is 5.69 Å². The number of β-amino-alcohol motifs (C(OH)–C–C–N with tert-alkyl or cyclic N) is 1. The molecule has 1 amide bonds. The summed E-state index contributed by atoms with van der Waals surface area (Å²) in [5.74, 6) is 0.952. The highest BCUT2D eigenvalue weighted by Gasteiger charge is 2.73. The van der Waals surface area contributed by atoms with Crippen molar-refractivity contribution in [3.05, 3.63) is 58.7 Å². The lowest BCUT2D eigenvalue weighted by Gasteiger charge is -2.42. The van der Waals surface area contributed by atoms with Crippen LogP contribution in [-0.2, 0) is 37.9 Å². The lowest BCUT2D eigenvalue weighted by molar-refractivity contribution is -0.384. The number of hydrogen-bond donors (Lipinski definition) is 2. The summed E-state index contributed by atoms with van der Waals surface area (Å²) >= 11 is 9.53. The van der Waals surface area contributed by atoms with E-state index in [1.807, 2.05) is 0 Å². The molecule has 1 aromatic carbocycles. The van der Waals surface area contributed by atoms with E-state index < -0.39 is 35.0 Å². The van der Waals surface area contributed by atoms with Crippen LogP contribution in [0.4, 0.5) is 15.3 Å². The molecule has 69 heavy (non-hydrogen) atoms. The number of methoxy groups -OCH3 is 2. The van der Waals surface area contributed by atoms with E-state index in [4.69, 9.17) is 70.9 Å². The fourth-order valence-corrected chi connectivity index (χ4v) is 10.8. The van der Waals surface area contributed by atoms with Gasteiger partial charge in [-0.3, -0.25) is 10.1 Å². The number of hydrogen-bond acceptors (Lipinski definition) is 15. The van der Waals surface area contributed by atoms with E-state index in [0.717, 1.165) is 25.7 Å². The number of aliphatic hydroxyl groups excluding tert-OH is 2. The zero-order valence-corrected chi connectivity index (χ0v) is 42.8. The molecule has 2 spiro atoms. The van der Waals surface area contributed by atoms with Gasteiger partial charge in [-0.1, -0.05) is 64.8 Å². The molecule has 5 unspecified atom stereocenters. The number of amides is 1. The van der Waals surface area contributed by atoms with Crippen molar-refractivity contribution >= 4 is 41.1 Å². The summed E-state index contributed by atoms with van der Waals surface area (Å²) in [5, 5.41) is 29.4. The molecule has 3 aliphatic carbocycles. The third-order valence-electron chi connectivity index (χ3n) is 14.7. The maximum Gasteiger partial charge on any atom is 0.514 e. The van der Waals surface area contributed by atoms with Crippen molar-refractivity contribution in [3.8, 4) is 5.75 Å². The van der Waals surface area contributed by atoms with Gasteiger partial charge in [0.05, 0.1) is 47.5 Å². The molecule has 13 atom stereocenters. The van der Waals surface area contributed by atoms with E-state index in [1.54, 1.807) is 19.1 Å². The Morgan fingerprint density at radius 3 is 1.62 bits per heavy atom. The number of nitro groups is 1. The Labute approximate surface area is 416 Å². The van der Waals surface area contributed by atoms with Gasteiger partial charge in [-0.05, 0) is 82.8 Å². The van der Waals surface area contributed by atoms with Crippen LogP contribution in [0.25, 0.3) is 0 Å². The van der Waals surface area contributed by atoms with Crippen LogP contribution >= 0.6 is 23.2 Å². The summed E-state index contributed by atoms with van der Waals surface area (Å²) in [6.07, 6.45) is 13.3. The number of halogens is 2. The molecule has 388 valence electrons. The zero-order chi connectivity index (χ0) is 50.3. The number of carbonyl (C=O) groups is 2. The van der Waals surface area contributed by atoms with E-state index in [1.165, 1.54) is 37.1 Å². The second-order valence-corrected chi connectivity index (χ2v) is 21.3. The minimum absolute atomic E-state index is 0.00234. The number of benzene rings is 1. The number of nitro benzene ring substituents is 1. The number of carbonyl (C=O) groups excluding carboxylic acids is 2. The molecule has 9 rings (SSSR count). The van der Waals surface area contributed by atoms with Gasteiger partial charge < -0.3 is 57.7 Å². The zero-order valence-electron chi connectivity index (χ0n) is 41.3. The first-order chi connectivity index (χ1) is 32.8. The van der Waals surface area contributed by atoms with E-state index >= 15 is 0 Å². The number of epoxide rings is 4. The van der Waals surface area contributed by atoms with Crippen LogP contribution < -0.4 is 4.74 Å². The van der Waals surface area contributed by atoms with E-state index in [0.29, 0.717) is 57.4 Å². The lowest BCUT2D eigenvalue weighted by atomic mass is 9.68. The maximum absolute atomic E-state index is 12.6. The summed E-state index contributed by atoms with van der Waals surface area (Å²) < 4.78 is 52.5. The first-order valence-corrected chi connectivity index (χ1v) is 25.5. The topological polar surface area (TPSA) is 217 Å². The van der Waals surface area contributed by atoms with Crippen molar-refractivity contribution in [3.63, 3.8) is 0 Å². The molecule has 0 radical (unpaired) electrons. The minimum atomic E-state index is -0.879. The Hall–Kier alpha value is -3.10. The first-order valence-electron chi connectivity index (χ1n) is 24.4. The largest absolute Gasteiger partial charge is 0.514 e. The molecule has 8 fully saturated rings. The van der Waals surface area contributed by atoms with Crippen LogP contribution in [0.3, 0.4) is 0 Å². The minimum Gasteiger partial charge on any atom is -0.443 e. The maximum atomic E-state index is 12.6. The van der Waals surface area contributed by atoms with E-state index in [9.17, 15) is 24.8 Å². The van der Waals surface area contributed by atoms with Crippen LogP contribution in [0, 0.1) is 33.8 Å².